The number of carbonyl (C=O) groups excluding carboxylic acids is 1. The van der Waals surface area contributed by atoms with Gasteiger partial charge in [0.05, 0.1) is 34.9 Å². The highest BCUT2D eigenvalue weighted by atomic mass is 28.4. The first-order chi connectivity index (χ1) is 22.3. The minimum Gasteiger partial charge on any atom is -0.443 e. The number of methoxy groups -OCH3 is 1. The number of hydrogen-bond acceptors (Lipinski definition) is 9. The predicted octanol–water partition coefficient (Wildman–Crippen LogP) is 7.44. The standard InChI is InChI=1S/C34H47F2N7O4Si/c1-32(2,3)47-31(44)43-20-34(7,21-46-48(9,10)33(4,5)6)24-16-22(15-23(17-37)29(24)43)25-11-13-38-30(39-25)40-27-18-42(19-28(35)36)41-26(27)12-14-45-8/h11,13,15-16,18,28H,12,14,19-21H2,1-10H3,(H,38,39,40)/t34-/m1/s1. The van der Waals surface area contributed by atoms with Crippen LogP contribution in [0.15, 0.2) is 30.6 Å². The molecule has 1 aliphatic heterocycles. The Morgan fingerprint density at radius 2 is 1.92 bits per heavy atom. The molecule has 1 N–H and O–H groups in total. The number of amides is 1. The normalized spacial score (nSPS) is 16.6. The van der Waals surface area contributed by atoms with Crippen LogP contribution in [0, 0.1) is 11.3 Å². The first kappa shape index (κ1) is 36.9. The quantitative estimate of drug-likeness (QED) is 0.205. The van der Waals surface area contributed by atoms with Gasteiger partial charge < -0.3 is 19.2 Å². The summed E-state index contributed by atoms with van der Waals surface area (Å²) in [7, 11) is -0.623. The summed E-state index contributed by atoms with van der Waals surface area (Å²) >= 11 is 0. The van der Waals surface area contributed by atoms with Crippen molar-refractivity contribution in [3.8, 4) is 17.3 Å². The molecule has 0 spiro atoms. The summed E-state index contributed by atoms with van der Waals surface area (Å²) in [6.07, 6.45) is 0.375. The Labute approximate surface area is 282 Å². The van der Waals surface area contributed by atoms with Crippen molar-refractivity contribution < 1.29 is 27.5 Å². The molecule has 2 aromatic heterocycles. The Morgan fingerprint density at radius 1 is 1.21 bits per heavy atom. The molecule has 0 saturated carbocycles. The lowest BCUT2D eigenvalue weighted by atomic mass is 9.83. The topological polar surface area (TPSA) is 127 Å². The van der Waals surface area contributed by atoms with E-state index in [0.717, 1.165) is 5.56 Å². The van der Waals surface area contributed by atoms with E-state index in [4.69, 9.17) is 18.9 Å². The van der Waals surface area contributed by atoms with Crippen molar-refractivity contribution in [2.24, 2.45) is 0 Å². The van der Waals surface area contributed by atoms with Gasteiger partial charge in [-0.2, -0.15) is 10.4 Å². The molecule has 14 heteroatoms. The van der Waals surface area contributed by atoms with Crippen molar-refractivity contribution in [2.45, 2.75) is 97.0 Å². The van der Waals surface area contributed by atoms with Crippen molar-refractivity contribution in [2.75, 3.05) is 37.1 Å². The average molecular weight is 684 g/mol. The number of halogens is 2. The van der Waals surface area contributed by atoms with E-state index in [0.29, 0.717) is 53.5 Å². The van der Waals surface area contributed by atoms with Crippen LogP contribution in [0.1, 0.15) is 65.3 Å². The van der Waals surface area contributed by atoms with Crippen LogP contribution >= 0.6 is 0 Å². The molecule has 1 aromatic carbocycles. The minimum atomic E-state index is -2.56. The molecule has 1 atom stereocenters. The monoisotopic (exact) mass is 683 g/mol. The molecule has 0 aliphatic carbocycles. The number of nitrogens with zero attached hydrogens (tertiary/aromatic N) is 6. The van der Waals surface area contributed by atoms with Gasteiger partial charge in [-0.15, -0.1) is 0 Å². The largest absolute Gasteiger partial charge is 0.443 e. The van der Waals surface area contributed by atoms with E-state index in [9.17, 15) is 18.8 Å². The smallest absolute Gasteiger partial charge is 0.414 e. The van der Waals surface area contributed by atoms with Crippen molar-refractivity contribution in [3.63, 3.8) is 0 Å². The molecule has 0 radical (unpaired) electrons. The second-order valence-corrected chi connectivity index (χ2v) is 19.8. The highest BCUT2D eigenvalue weighted by Gasteiger charge is 2.47. The molecule has 0 saturated heterocycles. The second-order valence-electron chi connectivity index (χ2n) is 14.9. The van der Waals surface area contributed by atoms with Crippen LogP contribution in [-0.2, 0) is 32.3 Å². The Morgan fingerprint density at radius 3 is 2.52 bits per heavy atom. The molecule has 0 fully saturated rings. The molecule has 11 nitrogen and oxygen atoms in total. The SMILES string of the molecule is COCCc1nn(CC(F)F)cc1Nc1nccc(-c2cc(C#N)c3c(c2)[C@@](C)(CO[Si](C)(C)C(C)(C)C)CN3C(=O)OC(C)(C)C)n1. The number of rotatable bonds is 11. The molecule has 260 valence electrons. The van der Waals surface area contributed by atoms with E-state index in [1.54, 1.807) is 51.1 Å². The van der Waals surface area contributed by atoms with Gasteiger partial charge in [-0.05, 0) is 62.7 Å². The second kappa shape index (κ2) is 13.9. The van der Waals surface area contributed by atoms with Gasteiger partial charge in [0.1, 0.15) is 18.2 Å². The highest BCUT2D eigenvalue weighted by Crippen LogP contribution is 2.47. The van der Waals surface area contributed by atoms with Gasteiger partial charge in [-0.25, -0.2) is 23.5 Å². The first-order valence-corrected chi connectivity index (χ1v) is 18.8. The summed E-state index contributed by atoms with van der Waals surface area (Å²) in [5.41, 5.74) is 2.38. The maximum atomic E-state index is 13.5. The maximum Gasteiger partial charge on any atom is 0.414 e. The molecular weight excluding hydrogens is 637 g/mol. The van der Waals surface area contributed by atoms with E-state index >= 15 is 0 Å². The number of hydrogen-bond donors (Lipinski definition) is 1. The van der Waals surface area contributed by atoms with Crippen molar-refractivity contribution in [3.05, 3.63) is 47.4 Å². The summed E-state index contributed by atoms with van der Waals surface area (Å²) in [5, 5.41) is 17.8. The van der Waals surface area contributed by atoms with Crippen molar-refractivity contribution in [1.82, 2.24) is 19.7 Å². The number of fused-ring (bicyclic) bond motifs is 1. The summed E-state index contributed by atoms with van der Waals surface area (Å²) in [4.78, 5) is 24.2. The number of nitrogens with one attached hydrogen (secondary N) is 1. The van der Waals surface area contributed by atoms with Gasteiger partial charge in [0.2, 0.25) is 5.95 Å². The Hall–Kier alpha value is -3.93. The summed E-state index contributed by atoms with van der Waals surface area (Å²) in [5.74, 6) is 0.223. The predicted molar refractivity (Wildman–Crippen MR) is 183 cm³/mol. The van der Waals surface area contributed by atoms with Crippen molar-refractivity contribution >= 4 is 31.7 Å². The molecule has 3 heterocycles. The molecule has 1 aliphatic rings. The molecule has 4 rings (SSSR count). The Balaban J connectivity index is 1.77. The lowest BCUT2D eigenvalue weighted by Crippen LogP contribution is -2.46. The Bertz CT molecular complexity index is 1680. The van der Waals surface area contributed by atoms with Crippen LogP contribution in [-0.4, -0.2) is 73.1 Å². The van der Waals surface area contributed by atoms with Gasteiger partial charge >= 0.3 is 6.09 Å². The number of anilines is 3. The average Bonchev–Trinajstić information content (AvgIpc) is 3.50. The Kier molecular flexibility index (Phi) is 10.7. The van der Waals surface area contributed by atoms with Crippen LogP contribution in [0.4, 0.5) is 30.9 Å². The molecule has 0 bridgehead atoms. The van der Waals surface area contributed by atoms with E-state index in [1.165, 1.54) is 10.9 Å². The highest BCUT2D eigenvalue weighted by molar-refractivity contribution is 6.74. The van der Waals surface area contributed by atoms with E-state index < -0.39 is 38.4 Å². The minimum absolute atomic E-state index is 0.0287. The summed E-state index contributed by atoms with van der Waals surface area (Å²) < 4.78 is 45.1. The fourth-order valence-corrected chi connectivity index (χ4v) is 6.28. The van der Waals surface area contributed by atoms with Crippen LogP contribution in [0.25, 0.3) is 11.3 Å². The van der Waals surface area contributed by atoms with Gasteiger partial charge in [-0.1, -0.05) is 27.7 Å². The number of alkyl halides is 2. The van der Waals surface area contributed by atoms with Gasteiger partial charge in [0.15, 0.2) is 8.32 Å². The van der Waals surface area contributed by atoms with Crippen LogP contribution in [0.2, 0.25) is 18.1 Å². The van der Waals surface area contributed by atoms with Gasteiger partial charge in [0, 0.05) is 50.1 Å². The van der Waals surface area contributed by atoms with Gasteiger partial charge in [0.25, 0.3) is 6.43 Å². The number of benzene rings is 1. The first-order valence-electron chi connectivity index (χ1n) is 15.9. The summed E-state index contributed by atoms with van der Waals surface area (Å²) in [6, 6.07) is 7.67. The van der Waals surface area contributed by atoms with Crippen molar-refractivity contribution in [1.29, 1.82) is 5.26 Å². The third kappa shape index (κ3) is 8.37. The zero-order valence-electron chi connectivity index (χ0n) is 29.6. The lowest BCUT2D eigenvalue weighted by molar-refractivity contribution is 0.0575. The van der Waals surface area contributed by atoms with Crippen LogP contribution in [0.5, 0.6) is 0 Å². The van der Waals surface area contributed by atoms with Crippen LogP contribution in [0.3, 0.4) is 0 Å². The molecule has 0 unspecified atom stereocenters. The van der Waals surface area contributed by atoms with E-state index in [2.05, 4.69) is 55.3 Å². The summed E-state index contributed by atoms with van der Waals surface area (Å²) in [6.45, 7) is 18.8. The number of ether oxygens (including phenoxy) is 2. The molecule has 3 aromatic rings. The third-order valence-electron chi connectivity index (χ3n) is 8.73. The fraction of sp³-hybridized carbons (Fsp3) is 0.559. The molecule has 1 amide bonds. The van der Waals surface area contributed by atoms with Gasteiger partial charge in [-0.3, -0.25) is 9.58 Å². The van der Waals surface area contributed by atoms with E-state index in [1.807, 2.05) is 13.0 Å². The maximum absolute atomic E-state index is 13.5. The molecule has 48 heavy (non-hydrogen) atoms. The number of nitriles is 1. The number of carbonyl (C=O) groups is 1. The lowest BCUT2D eigenvalue weighted by Gasteiger charge is -2.39. The third-order valence-corrected chi connectivity index (χ3v) is 13.2. The fourth-order valence-electron chi connectivity index (χ4n) is 5.17. The van der Waals surface area contributed by atoms with Crippen LogP contribution < -0.4 is 10.2 Å². The zero-order chi connectivity index (χ0) is 35.7. The molecular formula is C34H47F2N7O4Si. The number of aromatic nitrogens is 4. The van der Waals surface area contributed by atoms with E-state index in [-0.39, 0.29) is 17.5 Å². The zero-order valence-corrected chi connectivity index (χ0v) is 30.6.